The molecule has 1 saturated carbocycles. The van der Waals surface area contributed by atoms with Crippen LogP contribution >= 0.6 is 11.6 Å². The van der Waals surface area contributed by atoms with Crippen molar-refractivity contribution in [3.05, 3.63) is 70.5 Å². The minimum absolute atomic E-state index is 0.0184. The van der Waals surface area contributed by atoms with E-state index in [0.717, 1.165) is 24.0 Å². The number of nitrogens with one attached hydrogen (secondary N) is 1. The minimum Gasteiger partial charge on any atom is -0.356 e. The number of hydrogen-bond acceptors (Lipinski definition) is 1. The Labute approximate surface area is 134 Å². The van der Waals surface area contributed by atoms with Gasteiger partial charge in [-0.05, 0) is 54.2 Å². The molecular formula is C18H17ClFNO. The van der Waals surface area contributed by atoms with Crippen LogP contribution in [0.3, 0.4) is 0 Å². The molecule has 3 rings (SSSR count). The molecule has 1 fully saturated rings. The van der Waals surface area contributed by atoms with Gasteiger partial charge in [-0.25, -0.2) is 4.39 Å². The summed E-state index contributed by atoms with van der Waals surface area (Å²) in [6.07, 6.45) is 1.61. The molecule has 1 aliphatic rings. The summed E-state index contributed by atoms with van der Waals surface area (Å²) in [7, 11) is 0. The zero-order valence-corrected chi connectivity index (χ0v) is 12.8. The van der Waals surface area contributed by atoms with Crippen molar-refractivity contribution in [2.45, 2.75) is 18.8 Å². The smallest absolute Gasteiger partial charge is 0.223 e. The van der Waals surface area contributed by atoms with Crippen molar-refractivity contribution in [1.82, 2.24) is 5.32 Å². The van der Waals surface area contributed by atoms with Gasteiger partial charge >= 0.3 is 0 Å². The first-order chi connectivity index (χ1) is 10.6. The molecule has 0 heterocycles. The third-order valence-corrected chi connectivity index (χ3v) is 4.26. The first kappa shape index (κ1) is 15.0. The van der Waals surface area contributed by atoms with Crippen molar-refractivity contribution < 1.29 is 9.18 Å². The van der Waals surface area contributed by atoms with Gasteiger partial charge in [0.15, 0.2) is 0 Å². The Balaban J connectivity index is 1.46. The van der Waals surface area contributed by atoms with Crippen LogP contribution in [0.15, 0.2) is 48.5 Å². The lowest BCUT2D eigenvalue weighted by Crippen LogP contribution is -2.27. The van der Waals surface area contributed by atoms with Crippen LogP contribution in [0.4, 0.5) is 4.39 Å². The summed E-state index contributed by atoms with van der Waals surface area (Å²) < 4.78 is 12.9. The van der Waals surface area contributed by atoms with E-state index in [-0.39, 0.29) is 23.6 Å². The number of carbonyl (C=O) groups excluding carboxylic acids is 1. The fourth-order valence-corrected chi connectivity index (χ4v) is 2.93. The average molecular weight is 318 g/mol. The number of carbonyl (C=O) groups is 1. The molecular weight excluding hydrogens is 301 g/mol. The van der Waals surface area contributed by atoms with Crippen molar-refractivity contribution in [3.8, 4) is 0 Å². The van der Waals surface area contributed by atoms with E-state index >= 15 is 0 Å². The Kier molecular flexibility index (Phi) is 4.44. The molecule has 1 amide bonds. The zero-order valence-electron chi connectivity index (χ0n) is 12.1. The molecule has 2 aromatic carbocycles. The monoisotopic (exact) mass is 317 g/mol. The van der Waals surface area contributed by atoms with Gasteiger partial charge in [0, 0.05) is 17.5 Å². The fraction of sp³-hybridized carbons (Fsp3) is 0.278. The Morgan fingerprint density at radius 2 is 2.00 bits per heavy atom. The first-order valence-electron chi connectivity index (χ1n) is 7.41. The molecule has 22 heavy (non-hydrogen) atoms. The second-order valence-electron chi connectivity index (χ2n) is 5.67. The van der Waals surface area contributed by atoms with Crippen molar-refractivity contribution in [1.29, 1.82) is 0 Å². The van der Waals surface area contributed by atoms with Gasteiger partial charge in [-0.15, -0.1) is 0 Å². The highest BCUT2D eigenvalue weighted by molar-refractivity contribution is 6.30. The lowest BCUT2D eigenvalue weighted by Gasteiger charge is -2.06. The maximum Gasteiger partial charge on any atom is 0.223 e. The Bertz CT molecular complexity index is 671. The molecule has 0 aromatic heterocycles. The molecule has 1 N–H and O–H groups in total. The number of benzene rings is 2. The summed E-state index contributed by atoms with van der Waals surface area (Å²) in [5.74, 6) is 0.0832. The Hall–Kier alpha value is -1.87. The minimum atomic E-state index is -0.244. The standard InChI is InChI=1S/C18H17ClFNO/c19-14-3-1-2-12(10-14)8-9-21-18(22)17-11-16(17)13-4-6-15(20)7-5-13/h1-7,10,16-17H,8-9,11H2,(H,21,22). The van der Waals surface area contributed by atoms with Gasteiger partial charge < -0.3 is 5.32 Å². The van der Waals surface area contributed by atoms with Crippen molar-refractivity contribution in [3.63, 3.8) is 0 Å². The lowest BCUT2D eigenvalue weighted by molar-refractivity contribution is -0.122. The van der Waals surface area contributed by atoms with E-state index in [1.165, 1.54) is 12.1 Å². The van der Waals surface area contributed by atoms with Crippen LogP contribution < -0.4 is 5.32 Å². The molecule has 0 bridgehead atoms. The van der Waals surface area contributed by atoms with E-state index in [1.807, 2.05) is 24.3 Å². The number of amides is 1. The predicted molar refractivity (Wildman–Crippen MR) is 85.4 cm³/mol. The maximum atomic E-state index is 12.9. The van der Waals surface area contributed by atoms with E-state index in [9.17, 15) is 9.18 Å². The topological polar surface area (TPSA) is 29.1 Å². The SMILES string of the molecule is O=C(NCCc1cccc(Cl)c1)C1CC1c1ccc(F)cc1. The van der Waals surface area contributed by atoms with Gasteiger partial charge in [0.25, 0.3) is 0 Å². The summed E-state index contributed by atoms with van der Waals surface area (Å²) in [5.41, 5.74) is 2.15. The highest BCUT2D eigenvalue weighted by Crippen LogP contribution is 2.47. The normalized spacial score (nSPS) is 19.7. The summed E-state index contributed by atoms with van der Waals surface area (Å²) in [6, 6.07) is 14.1. The lowest BCUT2D eigenvalue weighted by atomic mass is 10.1. The third-order valence-electron chi connectivity index (χ3n) is 4.03. The third kappa shape index (κ3) is 3.66. The van der Waals surface area contributed by atoms with Crippen molar-refractivity contribution >= 4 is 17.5 Å². The first-order valence-corrected chi connectivity index (χ1v) is 7.79. The number of hydrogen-bond donors (Lipinski definition) is 1. The van der Waals surface area contributed by atoms with Crippen LogP contribution in [0.2, 0.25) is 5.02 Å². The van der Waals surface area contributed by atoms with Gasteiger partial charge in [-0.3, -0.25) is 4.79 Å². The van der Waals surface area contributed by atoms with E-state index in [0.29, 0.717) is 11.6 Å². The fourth-order valence-electron chi connectivity index (χ4n) is 2.72. The Morgan fingerprint density at radius 3 is 2.73 bits per heavy atom. The quantitative estimate of drug-likeness (QED) is 0.889. The summed E-state index contributed by atoms with van der Waals surface area (Å²) >= 11 is 5.93. The van der Waals surface area contributed by atoms with Crippen LogP contribution in [-0.2, 0) is 11.2 Å². The summed E-state index contributed by atoms with van der Waals surface area (Å²) in [5, 5.41) is 3.68. The van der Waals surface area contributed by atoms with Gasteiger partial charge in [-0.2, -0.15) is 0 Å². The average Bonchev–Trinajstić information content (AvgIpc) is 3.28. The highest BCUT2D eigenvalue weighted by atomic mass is 35.5. The molecule has 114 valence electrons. The van der Waals surface area contributed by atoms with Gasteiger partial charge in [0.1, 0.15) is 5.82 Å². The molecule has 0 radical (unpaired) electrons. The largest absolute Gasteiger partial charge is 0.356 e. The molecule has 0 aliphatic heterocycles. The van der Waals surface area contributed by atoms with Crippen LogP contribution in [-0.4, -0.2) is 12.5 Å². The highest BCUT2D eigenvalue weighted by Gasteiger charge is 2.43. The predicted octanol–water partition coefficient (Wildman–Crippen LogP) is 3.94. The maximum absolute atomic E-state index is 12.9. The second-order valence-corrected chi connectivity index (χ2v) is 6.11. The van der Waals surface area contributed by atoms with Crippen LogP contribution in [0.1, 0.15) is 23.5 Å². The Morgan fingerprint density at radius 1 is 1.23 bits per heavy atom. The molecule has 0 saturated heterocycles. The molecule has 1 aliphatic carbocycles. The van der Waals surface area contributed by atoms with Crippen LogP contribution in [0.25, 0.3) is 0 Å². The molecule has 0 spiro atoms. The van der Waals surface area contributed by atoms with Gasteiger partial charge in [-0.1, -0.05) is 35.9 Å². The summed E-state index contributed by atoms with van der Waals surface area (Å²) in [4.78, 5) is 12.1. The van der Waals surface area contributed by atoms with E-state index < -0.39 is 0 Å². The number of rotatable bonds is 5. The van der Waals surface area contributed by atoms with Crippen LogP contribution in [0.5, 0.6) is 0 Å². The molecule has 2 aromatic rings. The van der Waals surface area contributed by atoms with Crippen LogP contribution in [0, 0.1) is 11.7 Å². The molecule has 2 nitrogen and oxygen atoms in total. The molecule has 4 heteroatoms. The van der Waals surface area contributed by atoms with Gasteiger partial charge in [0.05, 0.1) is 0 Å². The van der Waals surface area contributed by atoms with E-state index in [4.69, 9.17) is 11.6 Å². The van der Waals surface area contributed by atoms with E-state index in [2.05, 4.69) is 5.32 Å². The summed E-state index contributed by atoms with van der Waals surface area (Å²) in [6.45, 7) is 0.603. The second kappa shape index (κ2) is 6.49. The molecule has 2 unspecified atom stereocenters. The van der Waals surface area contributed by atoms with Gasteiger partial charge in [0.2, 0.25) is 5.91 Å². The van der Waals surface area contributed by atoms with Crippen molar-refractivity contribution in [2.24, 2.45) is 5.92 Å². The van der Waals surface area contributed by atoms with Crippen molar-refractivity contribution in [2.75, 3.05) is 6.54 Å². The molecule has 2 atom stereocenters. The van der Waals surface area contributed by atoms with E-state index in [1.54, 1.807) is 12.1 Å². The number of halogens is 2. The zero-order chi connectivity index (χ0) is 15.5.